The van der Waals surface area contributed by atoms with Gasteiger partial charge in [0.2, 0.25) is 0 Å². The van der Waals surface area contributed by atoms with Gasteiger partial charge in [0.1, 0.15) is 0 Å². The number of aromatic nitrogens is 3. The van der Waals surface area contributed by atoms with Crippen molar-refractivity contribution in [2.75, 3.05) is 18.0 Å². The first-order valence-electron chi connectivity index (χ1n) is 10.1. The van der Waals surface area contributed by atoms with Crippen LogP contribution in [-0.2, 0) is 0 Å². The summed E-state index contributed by atoms with van der Waals surface area (Å²) in [6.45, 7) is 2.17. The van der Waals surface area contributed by atoms with Gasteiger partial charge < -0.3 is 4.90 Å². The van der Waals surface area contributed by atoms with Crippen LogP contribution in [0.15, 0.2) is 64.2 Å². The molecule has 0 radical (unpaired) electrons. The molecule has 3 heterocycles. The maximum absolute atomic E-state index is 12.4. The van der Waals surface area contributed by atoms with E-state index in [1.165, 1.54) is 31.4 Å². The standard InChI is InChI=1S/C23H22N4O2/c28-22-19-15-16-7-3-4-8-20(16)27(21(19)24-23(29)25-22)18-11-9-17(10-12-18)26-13-5-1-2-6-14-26/h3-4,7-12,15H,1-2,5-6,13-14H2,(H,25,28,29). The van der Waals surface area contributed by atoms with Gasteiger partial charge in [-0.15, -0.1) is 0 Å². The Labute approximate surface area is 167 Å². The zero-order valence-electron chi connectivity index (χ0n) is 16.1. The minimum atomic E-state index is -0.632. The lowest BCUT2D eigenvalue weighted by molar-refractivity contribution is 0.726. The summed E-state index contributed by atoms with van der Waals surface area (Å²) in [5, 5.41) is 0.919. The molecule has 0 unspecified atom stereocenters. The van der Waals surface area contributed by atoms with Crippen LogP contribution in [0.2, 0.25) is 0 Å². The highest BCUT2D eigenvalue weighted by Crippen LogP contribution is 2.29. The Morgan fingerprint density at radius 2 is 1.52 bits per heavy atom. The van der Waals surface area contributed by atoms with Crippen molar-refractivity contribution < 1.29 is 0 Å². The summed E-state index contributed by atoms with van der Waals surface area (Å²) in [5.74, 6) is 0.375. The average Bonchev–Trinajstić information content (AvgIpc) is 3.02. The number of pyridine rings is 1. The van der Waals surface area contributed by atoms with Gasteiger partial charge in [-0.05, 0) is 54.6 Å². The van der Waals surface area contributed by atoms with Crippen LogP contribution in [0.25, 0.3) is 28.0 Å². The minimum absolute atomic E-state index is 0.375. The summed E-state index contributed by atoms with van der Waals surface area (Å²) in [4.78, 5) is 33.2. The van der Waals surface area contributed by atoms with Gasteiger partial charge in [0.15, 0.2) is 5.82 Å². The average molecular weight is 386 g/mol. The normalized spacial score (nSPS) is 15.0. The number of nitrogens with zero attached hydrogens (tertiary/aromatic N) is 3. The van der Waals surface area contributed by atoms with Crippen molar-refractivity contribution in [3.63, 3.8) is 0 Å². The Hall–Kier alpha value is -3.41. The van der Waals surface area contributed by atoms with E-state index in [0.717, 1.165) is 29.7 Å². The highest BCUT2D eigenvalue weighted by atomic mass is 16.2. The molecule has 146 valence electrons. The van der Waals surface area contributed by atoms with E-state index in [1.54, 1.807) is 6.07 Å². The highest BCUT2D eigenvalue weighted by Gasteiger charge is 2.18. The number of rotatable bonds is 2. The second-order valence-electron chi connectivity index (χ2n) is 7.56. The van der Waals surface area contributed by atoms with Crippen molar-refractivity contribution >= 4 is 16.6 Å². The number of hydrogen-bond acceptors (Lipinski definition) is 4. The third kappa shape index (κ3) is 3.20. The molecule has 0 amide bonds. The number of aromatic amines is 1. The molecule has 0 saturated carbocycles. The number of H-pyrrole nitrogens is 1. The van der Waals surface area contributed by atoms with Crippen molar-refractivity contribution in [3.8, 4) is 17.1 Å². The summed E-state index contributed by atoms with van der Waals surface area (Å²) >= 11 is 0. The van der Waals surface area contributed by atoms with Crippen LogP contribution in [0.4, 0.5) is 5.69 Å². The van der Waals surface area contributed by atoms with Gasteiger partial charge in [-0.1, -0.05) is 31.0 Å². The molecule has 6 nitrogen and oxygen atoms in total. The van der Waals surface area contributed by atoms with Gasteiger partial charge in [0.05, 0.1) is 11.1 Å². The van der Waals surface area contributed by atoms with E-state index in [9.17, 15) is 9.59 Å². The molecule has 5 rings (SSSR count). The maximum Gasteiger partial charge on any atom is 0.349 e. The molecule has 2 aromatic rings. The topological polar surface area (TPSA) is 71.0 Å². The van der Waals surface area contributed by atoms with E-state index in [1.807, 2.05) is 41.0 Å². The van der Waals surface area contributed by atoms with Crippen molar-refractivity contribution in [3.05, 3.63) is 75.4 Å². The fourth-order valence-electron chi connectivity index (χ4n) is 4.24. The molecule has 0 atom stereocenters. The summed E-state index contributed by atoms with van der Waals surface area (Å²) in [6.07, 6.45) is 5.04. The highest BCUT2D eigenvalue weighted by molar-refractivity contribution is 5.87. The molecule has 0 bridgehead atoms. The Morgan fingerprint density at radius 1 is 0.828 bits per heavy atom. The first-order valence-corrected chi connectivity index (χ1v) is 10.1. The second kappa shape index (κ2) is 7.20. The summed E-state index contributed by atoms with van der Waals surface area (Å²) < 4.78 is 1.90. The first-order chi connectivity index (χ1) is 14.2. The molecule has 2 aromatic carbocycles. The molecular formula is C23H22N4O2. The largest absolute Gasteiger partial charge is 0.372 e. The predicted octanol–water partition coefficient (Wildman–Crippen LogP) is 3.56. The number of para-hydroxylation sites is 1. The lowest BCUT2D eigenvalue weighted by Gasteiger charge is -2.23. The fraction of sp³-hybridized carbons (Fsp3) is 0.261. The Kier molecular flexibility index (Phi) is 4.39. The molecule has 0 aliphatic carbocycles. The van der Waals surface area contributed by atoms with Gasteiger partial charge >= 0.3 is 5.69 Å². The minimum Gasteiger partial charge on any atom is -0.372 e. The second-order valence-corrected chi connectivity index (χ2v) is 7.56. The molecule has 29 heavy (non-hydrogen) atoms. The van der Waals surface area contributed by atoms with Gasteiger partial charge in [0.25, 0.3) is 5.56 Å². The van der Waals surface area contributed by atoms with Crippen LogP contribution in [0, 0.1) is 0 Å². The maximum atomic E-state index is 12.4. The molecule has 3 aliphatic rings. The summed E-state index contributed by atoms with van der Waals surface area (Å²) in [5.41, 5.74) is 2.34. The van der Waals surface area contributed by atoms with E-state index >= 15 is 0 Å². The van der Waals surface area contributed by atoms with Gasteiger partial charge in [-0.25, -0.2) is 4.79 Å². The van der Waals surface area contributed by atoms with Crippen LogP contribution in [-0.4, -0.2) is 27.6 Å². The Morgan fingerprint density at radius 3 is 2.28 bits per heavy atom. The van der Waals surface area contributed by atoms with E-state index in [0.29, 0.717) is 11.4 Å². The molecule has 3 aliphatic heterocycles. The molecule has 0 spiro atoms. The zero-order valence-corrected chi connectivity index (χ0v) is 16.1. The van der Waals surface area contributed by atoms with Crippen molar-refractivity contribution in [2.24, 2.45) is 0 Å². The Balaban J connectivity index is 1.69. The molecule has 1 N–H and O–H groups in total. The monoisotopic (exact) mass is 386 g/mol. The zero-order chi connectivity index (χ0) is 19.8. The van der Waals surface area contributed by atoms with Crippen LogP contribution in [0.3, 0.4) is 0 Å². The first kappa shape index (κ1) is 17.7. The summed E-state index contributed by atoms with van der Waals surface area (Å²) in [6, 6.07) is 17.9. The van der Waals surface area contributed by atoms with Crippen LogP contribution >= 0.6 is 0 Å². The lowest BCUT2D eigenvalue weighted by Crippen LogP contribution is -2.27. The Bertz CT molecular complexity index is 1250. The lowest BCUT2D eigenvalue weighted by atomic mass is 10.1. The van der Waals surface area contributed by atoms with Crippen molar-refractivity contribution in [2.45, 2.75) is 25.7 Å². The predicted molar refractivity (Wildman–Crippen MR) is 115 cm³/mol. The number of anilines is 1. The molecule has 6 heteroatoms. The quantitative estimate of drug-likeness (QED) is 0.535. The van der Waals surface area contributed by atoms with Crippen LogP contribution < -0.4 is 16.1 Å². The molecule has 0 aromatic heterocycles. The van der Waals surface area contributed by atoms with Crippen LogP contribution in [0.1, 0.15) is 25.7 Å². The van der Waals surface area contributed by atoms with Gasteiger partial charge in [0, 0.05) is 24.5 Å². The van der Waals surface area contributed by atoms with Crippen LogP contribution in [0.5, 0.6) is 0 Å². The molecule has 1 fully saturated rings. The fourth-order valence-corrected chi connectivity index (χ4v) is 4.24. The number of nitrogens with one attached hydrogen (secondary N) is 1. The number of hydrogen-bond donors (Lipinski definition) is 1. The van der Waals surface area contributed by atoms with E-state index in [4.69, 9.17) is 0 Å². The van der Waals surface area contributed by atoms with Gasteiger partial charge in [-0.2, -0.15) is 4.98 Å². The molecule has 1 saturated heterocycles. The van der Waals surface area contributed by atoms with Crippen molar-refractivity contribution in [1.29, 1.82) is 0 Å². The third-order valence-corrected chi connectivity index (χ3v) is 5.68. The van der Waals surface area contributed by atoms with E-state index in [2.05, 4.69) is 27.0 Å². The summed E-state index contributed by atoms with van der Waals surface area (Å²) in [7, 11) is 0. The van der Waals surface area contributed by atoms with Gasteiger partial charge in [-0.3, -0.25) is 14.3 Å². The number of fused-ring (bicyclic) bond motifs is 2. The smallest absolute Gasteiger partial charge is 0.349 e. The van der Waals surface area contributed by atoms with E-state index in [-0.39, 0.29) is 0 Å². The number of benzene rings is 2. The van der Waals surface area contributed by atoms with Crippen molar-refractivity contribution in [1.82, 2.24) is 14.5 Å². The van der Waals surface area contributed by atoms with E-state index < -0.39 is 11.2 Å². The SMILES string of the molecule is O=c1nc2n(-c3ccc(N4CCCCCC4)cc3)c3ccccc3cc-2c(=O)[nH]1. The molecular weight excluding hydrogens is 364 g/mol. The third-order valence-electron chi connectivity index (χ3n) is 5.68.